The number of nitrogens with zero attached hydrogens (tertiary/aromatic N) is 3. The number of hydrogen-bond acceptors (Lipinski definition) is 3. The van der Waals surface area contributed by atoms with E-state index in [2.05, 4.69) is 5.10 Å². The molecule has 0 saturated heterocycles. The Morgan fingerprint density at radius 3 is 2.77 bits per heavy atom. The van der Waals surface area contributed by atoms with E-state index in [1.807, 2.05) is 7.05 Å². The van der Waals surface area contributed by atoms with Crippen molar-refractivity contribution >= 4 is 11.7 Å². The minimum atomic E-state index is 0.0695. The van der Waals surface area contributed by atoms with Crippen molar-refractivity contribution in [3.05, 3.63) is 11.3 Å². The third-order valence-electron chi connectivity index (χ3n) is 2.41. The van der Waals surface area contributed by atoms with Crippen LogP contribution < -0.4 is 5.73 Å². The molecule has 2 N–H and O–H groups in total. The van der Waals surface area contributed by atoms with Gasteiger partial charge >= 0.3 is 0 Å². The van der Waals surface area contributed by atoms with Gasteiger partial charge in [0.15, 0.2) is 0 Å². The first-order valence-corrected chi connectivity index (χ1v) is 4.15. The van der Waals surface area contributed by atoms with E-state index in [-0.39, 0.29) is 5.91 Å². The Kier molecular flexibility index (Phi) is 1.55. The molecule has 0 bridgehead atoms. The molecular weight excluding hydrogens is 168 g/mol. The molecule has 0 unspecified atom stereocenters. The molecule has 0 fully saturated rings. The average Bonchev–Trinajstić information content (AvgIpc) is 2.55. The van der Waals surface area contributed by atoms with Gasteiger partial charge in [0.2, 0.25) is 5.91 Å². The molecule has 1 aliphatic rings. The van der Waals surface area contributed by atoms with Crippen LogP contribution in [0, 0.1) is 0 Å². The third kappa shape index (κ3) is 1.07. The summed E-state index contributed by atoms with van der Waals surface area (Å²) in [5.74, 6) is 0.735. The minimum Gasteiger partial charge on any atom is -0.384 e. The molecule has 0 spiro atoms. The predicted octanol–water partition coefficient (Wildman–Crippen LogP) is -0.136. The highest BCUT2D eigenvalue weighted by molar-refractivity contribution is 5.74. The van der Waals surface area contributed by atoms with Gasteiger partial charge in [0.05, 0.1) is 18.8 Å². The molecule has 0 atom stereocenters. The minimum absolute atomic E-state index is 0.0695. The van der Waals surface area contributed by atoms with Gasteiger partial charge in [-0.2, -0.15) is 5.10 Å². The Hall–Kier alpha value is -1.52. The Balaban J connectivity index is 2.33. The summed E-state index contributed by atoms with van der Waals surface area (Å²) in [5, 5.41) is 4.22. The van der Waals surface area contributed by atoms with E-state index in [0.717, 1.165) is 11.3 Å². The highest BCUT2D eigenvalue weighted by atomic mass is 16.2. The van der Waals surface area contributed by atoms with Crippen LogP contribution in [0.2, 0.25) is 0 Å². The number of carbonyl (C=O) groups is 1. The fraction of sp³-hybridized carbons (Fsp3) is 0.500. The topological polar surface area (TPSA) is 64.2 Å². The molecule has 13 heavy (non-hydrogen) atoms. The van der Waals surface area contributed by atoms with Gasteiger partial charge in [0.1, 0.15) is 5.82 Å². The second-order valence-corrected chi connectivity index (χ2v) is 3.31. The van der Waals surface area contributed by atoms with Crippen LogP contribution in [-0.4, -0.2) is 20.6 Å². The number of nitrogen functional groups attached to an aromatic ring is 1. The quantitative estimate of drug-likeness (QED) is 0.604. The van der Waals surface area contributed by atoms with Crippen molar-refractivity contribution in [3.63, 3.8) is 0 Å². The Morgan fingerprint density at radius 2 is 2.23 bits per heavy atom. The third-order valence-corrected chi connectivity index (χ3v) is 2.41. The zero-order valence-corrected chi connectivity index (χ0v) is 7.74. The average molecular weight is 180 g/mol. The van der Waals surface area contributed by atoms with Crippen molar-refractivity contribution in [2.45, 2.75) is 20.0 Å². The number of fused-ring (bicyclic) bond motifs is 1. The summed E-state index contributed by atoms with van der Waals surface area (Å²) >= 11 is 0. The largest absolute Gasteiger partial charge is 0.384 e. The lowest BCUT2D eigenvalue weighted by atomic mass is 10.3. The van der Waals surface area contributed by atoms with E-state index in [1.165, 1.54) is 0 Å². The van der Waals surface area contributed by atoms with Gasteiger partial charge in [0.25, 0.3) is 0 Å². The molecule has 0 saturated carbocycles. The standard InChI is InChI=1S/C8H12N4O/c1-5(13)12-3-6-7(4-12)10-11(2)8(6)9/h3-4,9H2,1-2H3. The lowest BCUT2D eigenvalue weighted by Crippen LogP contribution is -2.23. The number of carbonyl (C=O) groups excluding carboxylic acids is 1. The molecule has 2 heterocycles. The molecular formula is C8H12N4O. The molecule has 1 aliphatic heterocycles. The second kappa shape index (κ2) is 2.48. The van der Waals surface area contributed by atoms with Gasteiger partial charge in [-0.3, -0.25) is 9.48 Å². The molecule has 0 radical (unpaired) electrons. The first kappa shape index (κ1) is 8.10. The summed E-state index contributed by atoms with van der Waals surface area (Å²) in [6, 6.07) is 0. The highest BCUT2D eigenvalue weighted by Gasteiger charge is 2.26. The summed E-state index contributed by atoms with van der Waals surface area (Å²) in [4.78, 5) is 12.8. The van der Waals surface area contributed by atoms with E-state index >= 15 is 0 Å². The van der Waals surface area contributed by atoms with Crippen LogP contribution in [0.4, 0.5) is 5.82 Å². The predicted molar refractivity (Wildman–Crippen MR) is 47.5 cm³/mol. The molecule has 1 amide bonds. The van der Waals surface area contributed by atoms with Crippen LogP contribution in [-0.2, 0) is 24.9 Å². The van der Waals surface area contributed by atoms with E-state index in [0.29, 0.717) is 18.9 Å². The number of rotatable bonds is 0. The number of aryl methyl sites for hydroxylation is 1. The first-order valence-electron chi connectivity index (χ1n) is 4.15. The normalized spacial score (nSPS) is 14.8. The van der Waals surface area contributed by atoms with Crippen molar-refractivity contribution in [2.75, 3.05) is 5.73 Å². The van der Waals surface area contributed by atoms with Gasteiger partial charge in [0, 0.05) is 19.5 Å². The number of aromatic nitrogens is 2. The van der Waals surface area contributed by atoms with Crippen LogP contribution in [0.15, 0.2) is 0 Å². The van der Waals surface area contributed by atoms with Crippen molar-refractivity contribution in [1.82, 2.24) is 14.7 Å². The van der Waals surface area contributed by atoms with Crippen molar-refractivity contribution < 1.29 is 4.79 Å². The monoisotopic (exact) mass is 180 g/mol. The summed E-state index contributed by atoms with van der Waals surface area (Å²) in [7, 11) is 1.81. The van der Waals surface area contributed by atoms with Gasteiger partial charge in [-0.25, -0.2) is 0 Å². The maximum atomic E-state index is 11.1. The summed E-state index contributed by atoms with van der Waals surface area (Å²) in [5.41, 5.74) is 7.70. The Labute approximate surface area is 76.1 Å². The molecule has 0 aromatic carbocycles. The lowest BCUT2D eigenvalue weighted by Gasteiger charge is -2.12. The van der Waals surface area contributed by atoms with Crippen LogP contribution in [0.5, 0.6) is 0 Å². The van der Waals surface area contributed by atoms with Gasteiger partial charge in [-0.1, -0.05) is 0 Å². The maximum absolute atomic E-state index is 11.1. The maximum Gasteiger partial charge on any atom is 0.220 e. The van der Waals surface area contributed by atoms with Crippen LogP contribution in [0.3, 0.4) is 0 Å². The Morgan fingerprint density at radius 1 is 1.54 bits per heavy atom. The number of nitrogens with two attached hydrogens (primary N) is 1. The summed E-state index contributed by atoms with van der Waals surface area (Å²) in [6.07, 6.45) is 0. The van der Waals surface area contributed by atoms with Crippen molar-refractivity contribution in [3.8, 4) is 0 Å². The lowest BCUT2D eigenvalue weighted by molar-refractivity contribution is -0.129. The van der Waals surface area contributed by atoms with Crippen LogP contribution in [0.25, 0.3) is 0 Å². The van der Waals surface area contributed by atoms with E-state index in [9.17, 15) is 4.79 Å². The summed E-state index contributed by atoms with van der Waals surface area (Å²) in [6.45, 7) is 2.75. The number of amides is 1. The van der Waals surface area contributed by atoms with Crippen LogP contribution in [0.1, 0.15) is 18.2 Å². The smallest absolute Gasteiger partial charge is 0.220 e. The SMILES string of the molecule is CC(=O)N1Cc2nn(C)c(N)c2C1. The zero-order valence-electron chi connectivity index (χ0n) is 7.74. The van der Waals surface area contributed by atoms with Crippen LogP contribution >= 0.6 is 0 Å². The molecule has 5 heteroatoms. The van der Waals surface area contributed by atoms with E-state index in [4.69, 9.17) is 5.73 Å². The van der Waals surface area contributed by atoms with E-state index in [1.54, 1.807) is 16.5 Å². The second-order valence-electron chi connectivity index (χ2n) is 3.31. The van der Waals surface area contributed by atoms with Gasteiger partial charge in [-0.05, 0) is 0 Å². The fourth-order valence-corrected chi connectivity index (χ4v) is 1.59. The highest BCUT2D eigenvalue weighted by Crippen LogP contribution is 2.26. The molecule has 1 aromatic heterocycles. The molecule has 5 nitrogen and oxygen atoms in total. The van der Waals surface area contributed by atoms with E-state index < -0.39 is 0 Å². The molecule has 1 aromatic rings. The fourth-order valence-electron chi connectivity index (χ4n) is 1.59. The van der Waals surface area contributed by atoms with Crippen molar-refractivity contribution in [2.24, 2.45) is 7.05 Å². The Bertz CT molecular complexity index is 368. The van der Waals surface area contributed by atoms with Gasteiger partial charge < -0.3 is 10.6 Å². The number of hydrogen-bond donors (Lipinski definition) is 1. The summed E-state index contributed by atoms with van der Waals surface area (Å²) < 4.78 is 1.65. The number of anilines is 1. The van der Waals surface area contributed by atoms with Crippen molar-refractivity contribution in [1.29, 1.82) is 0 Å². The molecule has 0 aliphatic carbocycles. The van der Waals surface area contributed by atoms with Gasteiger partial charge in [-0.15, -0.1) is 0 Å². The molecule has 70 valence electrons. The zero-order chi connectivity index (χ0) is 9.59. The first-order chi connectivity index (χ1) is 6.09. The molecule has 2 rings (SSSR count).